The molecule has 0 spiro atoms. The Balaban J connectivity index is 2.02. The van der Waals surface area contributed by atoms with E-state index in [2.05, 4.69) is 15.1 Å². The Labute approximate surface area is 146 Å². The molecule has 1 aliphatic rings. The van der Waals surface area contributed by atoms with E-state index in [-0.39, 0.29) is 11.9 Å². The zero-order valence-electron chi connectivity index (χ0n) is 14.7. The lowest BCUT2D eigenvalue weighted by Gasteiger charge is -2.37. The molecule has 10 heteroatoms. The van der Waals surface area contributed by atoms with E-state index in [1.807, 2.05) is 7.05 Å². The minimum Gasteiger partial charge on any atom is -0.345 e. The van der Waals surface area contributed by atoms with Crippen molar-refractivity contribution in [2.45, 2.75) is 6.04 Å². The molecule has 1 fully saturated rings. The number of hydrogen-bond acceptors (Lipinski definition) is 6. The summed E-state index contributed by atoms with van der Waals surface area (Å²) in [5.41, 5.74) is 1.15. The summed E-state index contributed by atoms with van der Waals surface area (Å²) in [4.78, 5) is 15.8. The molecule has 1 saturated heterocycles. The second-order valence-electron chi connectivity index (χ2n) is 6.52. The number of aromatic nitrogens is 3. The first-order chi connectivity index (χ1) is 11.7. The van der Waals surface area contributed by atoms with E-state index in [1.54, 1.807) is 36.8 Å². The molecule has 0 bridgehead atoms. The van der Waals surface area contributed by atoms with Gasteiger partial charge in [0.1, 0.15) is 0 Å². The lowest BCUT2D eigenvalue weighted by atomic mass is 10.2. The number of sulfonamides is 1. The molecule has 25 heavy (non-hydrogen) atoms. The number of nitrogens with zero attached hydrogens (tertiary/aromatic N) is 6. The smallest absolute Gasteiger partial charge is 0.254 e. The maximum Gasteiger partial charge on any atom is 0.254 e. The van der Waals surface area contributed by atoms with E-state index < -0.39 is 10.0 Å². The number of pyridine rings is 1. The van der Waals surface area contributed by atoms with Crippen molar-refractivity contribution < 1.29 is 13.2 Å². The SMILES string of the molecule is CN(C)C(=O)c1ccc2nnc([C@@H]3CN(S(C)(=O)=O)CCN3C)n2c1. The molecule has 0 aromatic carbocycles. The molecule has 3 heterocycles. The van der Waals surface area contributed by atoms with Crippen LogP contribution in [0, 0.1) is 0 Å². The molecule has 1 atom stereocenters. The number of carbonyl (C=O) groups excluding carboxylic acids is 1. The third-order valence-electron chi connectivity index (χ3n) is 4.46. The molecule has 0 aliphatic carbocycles. The van der Waals surface area contributed by atoms with E-state index >= 15 is 0 Å². The summed E-state index contributed by atoms with van der Waals surface area (Å²) in [5, 5.41) is 8.41. The van der Waals surface area contributed by atoms with Crippen molar-refractivity contribution in [3.63, 3.8) is 0 Å². The first kappa shape index (κ1) is 17.8. The monoisotopic (exact) mass is 366 g/mol. The second kappa shape index (κ2) is 6.36. The number of amides is 1. The highest BCUT2D eigenvalue weighted by Crippen LogP contribution is 2.24. The third kappa shape index (κ3) is 3.37. The predicted octanol–water partition coefficient (Wildman–Crippen LogP) is -0.321. The average molecular weight is 366 g/mol. The van der Waals surface area contributed by atoms with E-state index in [4.69, 9.17) is 0 Å². The van der Waals surface area contributed by atoms with Crippen LogP contribution in [0.2, 0.25) is 0 Å². The molecule has 1 amide bonds. The van der Waals surface area contributed by atoms with E-state index in [0.29, 0.717) is 36.7 Å². The quantitative estimate of drug-likeness (QED) is 0.739. The van der Waals surface area contributed by atoms with Crippen molar-refractivity contribution in [1.82, 2.24) is 28.7 Å². The zero-order chi connectivity index (χ0) is 18.4. The summed E-state index contributed by atoms with van der Waals surface area (Å²) in [6, 6.07) is 3.22. The normalized spacial score (nSPS) is 20.1. The fourth-order valence-electron chi connectivity index (χ4n) is 2.95. The Kier molecular flexibility index (Phi) is 4.52. The molecule has 2 aromatic heterocycles. The van der Waals surface area contributed by atoms with Crippen molar-refractivity contribution in [1.29, 1.82) is 0 Å². The summed E-state index contributed by atoms with van der Waals surface area (Å²) in [7, 11) is 2.05. The molecule has 0 N–H and O–H groups in total. The highest BCUT2D eigenvalue weighted by atomic mass is 32.2. The molecule has 0 radical (unpaired) electrons. The molecular weight excluding hydrogens is 344 g/mol. The Morgan fingerprint density at radius 1 is 1.24 bits per heavy atom. The molecule has 0 saturated carbocycles. The number of likely N-dealkylation sites (N-methyl/N-ethyl adjacent to an activating group) is 1. The van der Waals surface area contributed by atoms with Gasteiger partial charge in [0.25, 0.3) is 5.91 Å². The van der Waals surface area contributed by atoms with Crippen LogP contribution in [0.15, 0.2) is 18.3 Å². The molecule has 3 rings (SSSR count). The number of hydrogen-bond donors (Lipinski definition) is 0. The number of carbonyl (C=O) groups is 1. The minimum atomic E-state index is -3.27. The fourth-order valence-corrected chi connectivity index (χ4v) is 3.77. The van der Waals surface area contributed by atoms with Gasteiger partial charge in [0.05, 0.1) is 17.9 Å². The van der Waals surface area contributed by atoms with Crippen LogP contribution in [0.3, 0.4) is 0 Å². The largest absolute Gasteiger partial charge is 0.345 e. The van der Waals surface area contributed by atoms with Crippen LogP contribution in [0.1, 0.15) is 22.2 Å². The van der Waals surface area contributed by atoms with Gasteiger partial charge in [0, 0.05) is 39.9 Å². The summed E-state index contributed by atoms with van der Waals surface area (Å²) >= 11 is 0. The van der Waals surface area contributed by atoms with E-state index in [0.717, 1.165) is 0 Å². The second-order valence-corrected chi connectivity index (χ2v) is 8.50. The van der Waals surface area contributed by atoms with Gasteiger partial charge in [-0.05, 0) is 19.2 Å². The molecule has 9 nitrogen and oxygen atoms in total. The summed E-state index contributed by atoms with van der Waals surface area (Å²) in [6.45, 7) is 1.36. The standard InChI is InChI=1S/C15H22N6O3S/c1-18(2)15(22)11-5-6-13-16-17-14(21(13)9-11)12-10-20(25(4,23)24)8-7-19(12)3/h5-6,9,12H,7-8,10H2,1-4H3/t12-/m0/s1. The topological polar surface area (TPSA) is 91.1 Å². The van der Waals surface area contributed by atoms with Crippen molar-refractivity contribution in [3.05, 3.63) is 29.7 Å². The zero-order valence-corrected chi connectivity index (χ0v) is 15.6. The van der Waals surface area contributed by atoms with Crippen LogP contribution >= 0.6 is 0 Å². The van der Waals surface area contributed by atoms with Gasteiger partial charge in [-0.3, -0.25) is 14.1 Å². The highest BCUT2D eigenvalue weighted by molar-refractivity contribution is 7.88. The number of rotatable bonds is 3. The van der Waals surface area contributed by atoms with Crippen LogP contribution in [-0.2, 0) is 10.0 Å². The van der Waals surface area contributed by atoms with Crippen LogP contribution in [-0.4, -0.2) is 90.1 Å². The molecular formula is C15H22N6O3S. The molecule has 136 valence electrons. The number of piperazine rings is 1. The third-order valence-corrected chi connectivity index (χ3v) is 5.73. The van der Waals surface area contributed by atoms with Crippen LogP contribution in [0.4, 0.5) is 0 Å². The fraction of sp³-hybridized carbons (Fsp3) is 0.533. The molecule has 2 aromatic rings. The van der Waals surface area contributed by atoms with E-state index in [1.165, 1.54) is 15.5 Å². The van der Waals surface area contributed by atoms with Crippen molar-refractivity contribution in [2.75, 3.05) is 47.0 Å². The van der Waals surface area contributed by atoms with Gasteiger partial charge in [0.15, 0.2) is 11.5 Å². The molecule has 1 aliphatic heterocycles. The van der Waals surface area contributed by atoms with Gasteiger partial charge in [-0.1, -0.05) is 0 Å². The van der Waals surface area contributed by atoms with Crippen LogP contribution in [0.25, 0.3) is 5.65 Å². The minimum absolute atomic E-state index is 0.115. The van der Waals surface area contributed by atoms with Gasteiger partial charge < -0.3 is 4.90 Å². The maximum atomic E-state index is 12.2. The van der Waals surface area contributed by atoms with Crippen molar-refractivity contribution in [2.24, 2.45) is 0 Å². The molecule has 0 unspecified atom stereocenters. The maximum absolute atomic E-state index is 12.2. The first-order valence-corrected chi connectivity index (χ1v) is 9.75. The van der Waals surface area contributed by atoms with Gasteiger partial charge in [-0.2, -0.15) is 4.31 Å². The van der Waals surface area contributed by atoms with Gasteiger partial charge in [-0.25, -0.2) is 8.42 Å². The Morgan fingerprint density at radius 3 is 2.60 bits per heavy atom. The van der Waals surface area contributed by atoms with Crippen molar-refractivity contribution in [3.8, 4) is 0 Å². The van der Waals surface area contributed by atoms with E-state index in [9.17, 15) is 13.2 Å². The lowest BCUT2D eigenvalue weighted by Crippen LogP contribution is -2.49. The number of fused-ring (bicyclic) bond motifs is 1. The van der Waals surface area contributed by atoms with Gasteiger partial charge in [0.2, 0.25) is 10.0 Å². The average Bonchev–Trinajstić information content (AvgIpc) is 2.96. The predicted molar refractivity (Wildman–Crippen MR) is 92.8 cm³/mol. The Bertz CT molecular complexity index is 907. The summed E-state index contributed by atoms with van der Waals surface area (Å²) < 4.78 is 27.0. The lowest BCUT2D eigenvalue weighted by molar-refractivity contribution is 0.0827. The Hall–Kier alpha value is -2.04. The van der Waals surface area contributed by atoms with Gasteiger partial charge in [-0.15, -0.1) is 10.2 Å². The van der Waals surface area contributed by atoms with Crippen molar-refractivity contribution >= 4 is 21.6 Å². The first-order valence-electron chi connectivity index (χ1n) is 7.90. The highest BCUT2D eigenvalue weighted by Gasteiger charge is 2.33. The van der Waals surface area contributed by atoms with Crippen LogP contribution < -0.4 is 0 Å². The summed E-state index contributed by atoms with van der Waals surface area (Å²) in [5.74, 6) is 0.510. The Morgan fingerprint density at radius 2 is 1.96 bits per heavy atom. The van der Waals surface area contributed by atoms with Gasteiger partial charge >= 0.3 is 0 Å². The summed E-state index contributed by atoms with van der Waals surface area (Å²) in [6.07, 6.45) is 2.92. The van der Waals surface area contributed by atoms with Crippen LogP contribution in [0.5, 0.6) is 0 Å².